The molecule has 0 heterocycles. The average molecular weight is 692 g/mol. The highest BCUT2D eigenvalue weighted by atomic mass is 35.5. The first-order valence-corrected chi connectivity index (χ1v) is 19.0. The van der Waals surface area contributed by atoms with Gasteiger partial charge in [-0.2, -0.15) is 0 Å². The largest absolute Gasteiger partial charge is 0.0843 e. The Balaban J connectivity index is 1.43. The summed E-state index contributed by atoms with van der Waals surface area (Å²) in [5.74, 6) is 0. The van der Waals surface area contributed by atoms with Gasteiger partial charge in [-0.05, 0) is 121 Å². The molecule has 0 saturated carbocycles. The lowest BCUT2D eigenvalue weighted by Crippen LogP contribution is -2.22. The van der Waals surface area contributed by atoms with E-state index in [0.717, 1.165) is 32.9 Å². The third kappa shape index (κ3) is 6.83. The van der Waals surface area contributed by atoms with Gasteiger partial charge in [0.25, 0.3) is 0 Å². The molecule has 2 aliphatic carbocycles. The molecule has 6 rings (SSSR count). The van der Waals surface area contributed by atoms with E-state index in [1.54, 1.807) is 0 Å². The smallest absolute Gasteiger partial charge is 0.0406 e. The minimum atomic E-state index is -0.700. The van der Waals surface area contributed by atoms with Crippen LogP contribution in [0.2, 0.25) is 20.1 Å². The molecule has 2 atom stereocenters. The molecule has 0 bridgehead atoms. The van der Waals surface area contributed by atoms with E-state index >= 15 is 0 Å². The van der Waals surface area contributed by atoms with E-state index in [9.17, 15) is 0 Å². The molecular weight excluding hydrogens is 660 g/mol. The third-order valence-electron chi connectivity index (χ3n) is 8.39. The van der Waals surface area contributed by atoms with Crippen LogP contribution >= 0.6 is 62.2 Å². The first-order valence-electron chi connectivity index (χ1n) is 14.7. The molecule has 0 fully saturated rings. The molecule has 0 radical (unpaired) electrons. The molecule has 222 valence electrons. The Morgan fingerprint density at radius 3 is 0.932 bits per heavy atom. The van der Waals surface area contributed by atoms with Gasteiger partial charge in [-0.3, -0.25) is 0 Å². The van der Waals surface area contributed by atoms with Crippen molar-refractivity contribution in [3.8, 4) is 0 Å². The van der Waals surface area contributed by atoms with Crippen molar-refractivity contribution in [2.24, 2.45) is 0 Å². The van der Waals surface area contributed by atoms with Gasteiger partial charge >= 0.3 is 0 Å². The summed E-state index contributed by atoms with van der Waals surface area (Å²) in [6.45, 7) is 4.78. The first kappa shape index (κ1) is 31.8. The van der Waals surface area contributed by atoms with E-state index in [0.29, 0.717) is 11.3 Å². The van der Waals surface area contributed by atoms with Crippen molar-refractivity contribution >= 4 is 83.5 Å². The van der Waals surface area contributed by atoms with Crippen molar-refractivity contribution in [3.05, 3.63) is 164 Å². The van der Waals surface area contributed by atoms with Crippen molar-refractivity contribution in [2.45, 2.75) is 38.0 Å². The van der Waals surface area contributed by atoms with E-state index < -0.39 is 15.8 Å². The molecule has 44 heavy (non-hydrogen) atoms. The lowest BCUT2D eigenvalue weighted by molar-refractivity contribution is 1.06. The Labute approximate surface area is 283 Å². The van der Waals surface area contributed by atoms with Crippen LogP contribution in [0.25, 0.3) is 0 Å². The first-order chi connectivity index (χ1) is 21.3. The maximum atomic E-state index is 6.32. The van der Waals surface area contributed by atoms with Crippen LogP contribution in [0, 0.1) is 0 Å². The predicted molar refractivity (Wildman–Crippen MR) is 199 cm³/mol. The van der Waals surface area contributed by atoms with Crippen LogP contribution in [0.5, 0.6) is 0 Å². The summed E-state index contributed by atoms with van der Waals surface area (Å²) < 4.78 is 0. The molecule has 4 aromatic carbocycles. The number of hydrogen-bond donors (Lipinski definition) is 0. The summed E-state index contributed by atoms with van der Waals surface area (Å²) >= 11 is 25.3. The van der Waals surface area contributed by atoms with Crippen molar-refractivity contribution in [1.29, 1.82) is 0 Å². The van der Waals surface area contributed by atoms with E-state index in [4.69, 9.17) is 46.4 Å². The Morgan fingerprint density at radius 1 is 0.432 bits per heavy atom. The Morgan fingerprint density at radius 2 is 0.682 bits per heavy atom. The Hall–Kier alpha value is -2.14. The van der Waals surface area contributed by atoms with Gasteiger partial charge in [0.05, 0.1) is 0 Å². The van der Waals surface area contributed by atoms with Crippen LogP contribution in [0.15, 0.2) is 144 Å². The fourth-order valence-electron chi connectivity index (χ4n) is 6.30. The molecule has 0 saturated heterocycles. The lowest BCUT2D eigenvalue weighted by Gasteiger charge is -2.30. The Bertz CT molecular complexity index is 1530. The third-order valence-corrected chi connectivity index (χ3v) is 14.9. The Kier molecular flexibility index (Phi) is 10.2. The van der Waals surface area contributed by atoms with Crippen LogP contribution in [0.1, 0.15) is 26.7 Å². The molecule has 0 unspecified atom stereocenters. The van der Waals surface area contributed by atoms with E-state index in [-0.39, 0.29) is 0 Å². The molecule has 0 aliphatic heterocycles. The van der Waals surface area contributed by atoms with Gasteiger partial charge in [-0.15, -0.1) is 0 Å². The summed E-state index contributed by atoms with van der Waals surface area (Å²) in [4.78, 5) is 0. The molecule has 2 aliphatic rings. The van der Waals surface area contributed by atoms with Gasteiger partial charge in [0.1, 0.15) is 0 Å². The summed E-state index contributed by atoms with van der Waals surface area (Å²) in [5.41, 5.74) is 6.43. The summed E-state index contributed by atoms with van der Waals surface area (Å²) in [5, 5.41) is 8.28. The monoisotopic (exact) mass is 690 g/mol. The quantitative estimate of drug-likeness (QED) is 0.153. The fraction of sp³-hybridized carbons (Fsp3) is 0.158. The summed E-state index contributed by atoms with van der Waals surface area (Å²) in [6, 6.07) is 33.6. The SMILES string of the molecule is C[C@@H](C1=C(C2=C([C@H](C)P(c3ccc(Cl)cc3)c3ccc(Cl)cc3)C=CC2)CC=C1)P(c1ccc(Cl)cc1)c1ccc(Cl)cc1. The van der Waals surface area contributed by atoms with Crippen molar-refractivity contribution < 1.29 is 0 Å². The zero-order chi connectivity index (χ0) is 30.8. The van der Waals surface area contributed by atoms with Gasteiger partial charge in [0.2, 0.25) is 0 Å². The summed E-state index contributed by atoms with van der Waals surface area (Å²) in [6.07, 6.45) is 11.3. The molecule has 0 spiro atoms. The molecular formula is C38H32Cl4P2. The van der Waals surface area contributed by atoms with Crippen molar-refractivity contribution in [2.75, 3.05) is 0 Å². The molecule has 0 aromatic heterocycles. The van der Waals surface area contributed by atoms with Gasteiger partial charge in [0, 0.05) is 31.4 Å². The van der Waals surface area contributed by atoms with E-state index in [1.165, 1.54) is 43.5 Å². The molecule has 0 N–H and O–H groups in total. The highest BCUT2D eigenvalue weighted by molar-refractivity contribution is 7.74. The fourth-order valence-corrected chi connectivity index (χ4v) is 12.1. The zero-order valence-electron chi connectivity index (χ0n) is 24.5. The van der Waals surface area contributed by atoms with Crippen LogP contribution in [-0.4, -0.2) is 11.3 Å². The average Bonchev–Trinajstić information content (AvgIpc) is 3.71. The second-order valence-corrected chi connectivity index (χ2v) is 17.9. The lowest BCUT2D eigenvalue weighted by atomic mass is 9.95. The highest BCUT2D eigenvalue weighted by Crippen LogP contribution is 2.51. The topological polar surface area (TPSA) is 0 Å². The number of halogens is 4. The number of rotatable bonds is 9. The summed E-state index contributed by atoms with van der Waals surface area (Å²) in [7, 11) is -1.40. The van der Waals surface area contributed by atoms with E-state index in [2.05, 4.69) is 86.7 Å². The normalized spacial score (nSPS) is 16.1. The van der Waals surface area contributed by atoms with Gasteiger partial charge < -0.3 is 0 Å². The standard InChI is InChI=1S/C38H32Cl4P2/c1-25(43(31-17-9-27(39)10-18-31)32-19-11-28(40)12-20-32)35-5-3-7-37(35)38-8-4-6-36(38)26(2)44(33-21-13-29(41)14-22-33)34-23-15-30(42)16-24-34/h3-6,9-26H,7-8H2,1-2H3/t25-,26-/m0/s1. The molecule has 0 nitrogen and oxygen atoms in total. The van der Waals surface area contributed by atoms with Gasteiger partial charge in [-0.25, -0.2) is 0 Å². The zero-order valence-corrected chi connectivity index (χ0v) is 29.3. The number of allylic oxidation sites excluding steroid dienone is 8. The van der Waals surface area contributed by atoms with Crippen LogP contribution in [0.4, 0.5) is 0 Å². The van der Waals surface area contributed by atoms with Crippen LogP contribution < -0.4 is 21.2 Å². The molecule has 6 heteroatoms. The second-order valence-electron chi connectivity index (χ2n) is 11.1. The number of benzene rings is 4. The maximum absolute atomic E-state index is 6.32. The van der Waals surface area contributed by atoms with Crippen molar-refractivity contribution in [1.82, 2.24) is 0 Å². The van der Waals surface area contributed by atoms with Crippen molar-refractivity contribution in [3.63, 3.8) is 0 Å². The number of hydrogen-bond acceptors (Lipinski definition) is 0. The van der Waals surface area contributed by atoms with Crippen LogP contribution in [0.3, 0.4) is 0 Å². The highest BCUT2D eigenvalue weighted by Gasteiger charge is 2.31. The van der Waals surface area contributed by atoms with Gasteiger partial charge in [0.15, 0.2) is 0 Å². The minimum absolute atomic E-state index is 0.305. The predicted octanol–water partition coefficient (Wildman–Crippen LogP) is 11.2. The molecule has 0 amide bonds. The second kappa shape index (κ2) is 14.1. The van der Waals surface area contributed by atoms with Gasteiger partial charge in [-0.1, -0.05) is 133 Å². The molecule has 4 aromatic rings. The minimum Gasteiger partial charge on any atom is -0.0843 e. The van der Waals surface area contributed by atoms with Crippen LogP contribution in [-0.2, 0) is 0 Å². The maximum Gasteiger partial charge on any atom is 0.0406 e. The van der Waals surface area contributed by atoms with E-state index in [1.807, 2.05) is 48.5 Å².